The molecule has 3 rings (SSSR count). The van der Waals surface area contributed by atoms with Crippen LogP contribution in [0.1, 0.15) is 45.0 Å². The smallest absolute Gasteiger partial charge is 0.125 e. The number of fused-ring (bicyclic) bond motifs is 1. The SMILES string of the molecule is COc1ccc2c(c1)nc(CCl)n2C1CCCC1(C)C. The zero-order valence-corrected chi connectivity index (χ0v) is 13.1. The lowest BCUT2D eigenvalue weighted by atomic mass is 9.87. The van der Waals surface area contributed by atoms with Crippen LogP contribution in [0.4, 0.5) is 0 Å². The van der Waals surface area contributed by atoms with Crippen molar-refractivity contribution in [2.75, 3.05) is 7.11 Å². The quantitative estimate of drug-likeness (QED) is 0.777. The van der Waals surface area contributed by atoms with Gasteiger partial charge in [-0.2, -0.15) is 0 Å². The standard InChI is InChI=1S/C16H21ClN2O/c1-16(2)8-4-5-14(16)19-13-7-6-11(20-3)9-12(13)18-15(19)10-17/h6-7,9,14H,4-5,8,10H2,1-3H3. The molecule has 0 amide bonds. The molecule has 1 fully saturated rings. The third-order valence-corrected chi connectivity index (χ3v) is 4.84. The summed E-state index contributed by atoms with van der Waals surface area (Å²) in [6, 6.07) is 6.57. The van der Waals surface area contributed by atoms with Gasteiger partial charge in [0.25, 0.3) is 0 Å². The van der Waals surface area contributed by atoms with E-state index in [0.717, 1.165) is 17.1 Å². The van der Waals surface area contributed by atoms with Crippen LogP contribution in [-0.4, -0.2) is 16.7 Å². The largest absolute Gasteiger partial charge is 0.497 e. The number of hydrogen-bond donors (Lipinski definition) is 0. The number of hydrogen-bond acceptors (Lipinski definition) is 2. The normalized spacial score (nSPS) is 21.5. The number of imidazole rings is 1. The summed E-state index contributed by atoms with van der Waals surface area (Å²) in [5.74, 6) is 2.26. The third-order valence-electron chi connectivity index (χ3n) is 4.60. The number of ether oxygens (including phenoxy) is 1. The molecule has 1 aromatic carbocycles. The molecule has 2 aromatic rings. The lowest BCUT2D eigenvalue weighted by Crippen LogP contribution is -2.22. The molecule has 1 heterocycles. The Morgan fingerprint density at radius 1 is 1.45 bits per heavy atom. The first-order valence-electron chi connectivity index (χ1n) is 7.17. The van der Waals surface area contributed by atoms with E-state index in [-0.39, 0.29) is 0 Å². The zero-order valence-electron chi connectivity index (χ0n) is 12.3. The monoisotopic (exact) mass is 292 g/mol. The number of nitrogens with zero attached hydrogens (tertiary/aromatic N) is 2. The van der Waals surface area contributed by atoms with E-state index in [0.29, 0.717) is 17.3 Å². The van der Waals surface area contributed by atoms with E-state index < -0.39 is 0 Å². The molecule has 1 saturated carbocycles. The van der Waals surface area contributed by atoms with Crippen molar-refractivity contribution in [3.8, 4) is 5.75 Å². The van der Waals surface area contributed by atoms with Crippen LogP contribution in [0, 0.1) is 5.41 Å². The van der Waals surface area contributed by atoms with E-state index in [1.165, 1.54) is 24.8 Å². The maximum absolute atomic E-state index is 6.13. The van der Waals surface area contributed by atoms with Crippen LogP contribution in [0.2, 0.25) is 0 Å². The van der Waals surface area contributed by atoms with Crippen molar-refractivity contribution in [2.45, 2.75) is 45.0 Å². The Morgan fingerprint density at radius 3 is 2.85 bits per heavy atom. The van der Waals surface area contributed by atoms with E-state index in [4.69, 9.17) is 21.3 Å². The summed E-state index contributed by atoms with van der Waals surface area (Å²) < 4.78 is 7.65. The molecule has 0 spiro atoms. The summed E-state index contributed by atoms with van der Waals surface area (Å²) in [7, 11) is 1.68. The van der Waals surface area contributed by atoms with Gasteiger partial charge < -0.3 is 9.30 Å². The summed E-state index contributed by atoms with van der Waals surface area (Å²) in [6.45, 7) is 4.69. The Hall–Kier alpha value is -1.22. The molecule has 0 N–H and O–H groups in total. The van der Waals surface area contributed by atoms with E-state index in [1.54, 1.807) is 7.11 Å². The first-order chi connectivity index (χ1) is 9.56. The second kappa shape index (κ2) is 4.96. The Balaban J connectivity index is 2.18. The van der Waals surface area contributed by atoms with Crippen molar-refractivity contribution in [2.24, 2.45) is 5.41 Å². The van der Waals surface area contributed by atoms with Crippen LogP contribution in [0.5, 0.6) is 5.75 Å². The maximum atomic E-state index is 6.13. The minimum Gasteiger partial charge on any atom is -0.497 e. The third kappa shape index (κ3) is 2.08. The van der Waals surface area contributed by atoms with E-state index >= 15 is 0 Å². The fourth-order valence-electron chi connectivity index (χ4n) is 3.48. The van der Waals surface area contributed by atoms with E-state index in [9.17, 15) is 0 Å². The molecule has 1 aromatic heterocycles. The fourth-order valence-corrected chi connectivity index (χ4v) is 3.67. The van der Waals surface area contributed by atoms with Gasteiger partial charge in [-0.25, -0.2) is 4.98 Å². The number of alkyl halides is 1. The van der Waals surface area contributed by atoms with Gasteiger partial charge in [-0.1, -0.05) is 20.3 Å². The highest BCUT2D eigenvalue weighted by molar-refractivity contribution is 6.16. The predicted octanol–water partition coefficient (Wildman–Crippen LogP) is 4.53. The number of aromatic nitrogens is 2. The van der Waals surface area contributed by atoms with Gasteiger partial charge in [0.15, 0.2) is 0 Å². The lowest BCUT2D eigenvalue weighted by Gasteiger charge is -2.30. The van der Waals surface area contributed by atoms with Crippen LogP contribution in [0.15, 0.2) is 18.2 Å². The van der Waals surface area contributed by atoms with E-state index in [1.807, 2.05) is 12.1 Å². The van der Waals surface area contributed by atoms with Crippen LogP contribution in [-0.2, 0) is 5.88 Å². The molecule has 4 heteroatoms. The molecule has 0 radical (unpaired) electrons. The van der Waals surface area contributed by atoms with Gasteiger partial charge in [0.2, 0.25) is 0 Å². The molecule has 20 heavy (non-hydrogen) atoms. The molecule has 108 valence electrons. The average Bonchev–Trinajstić information content (AvgIpc) is 2.96. The number of rotatable bonds is 3. The van der Waals surface area contributed by atoms with Crippen LogP contribution in [0.3, 0.4) is 0 Å². The van der Waals surface area contributed by atoms with Crippen molar-refractivity contribution >= 4 is 22.6 Å². The fraction of sp³-hybridized carbons (Fsp3) is 0.562. The summed E-state index contributed by atoms with van der Waals surface area (Å²) in [5.41, 5.74) is 2.44. The molecule has 1 unspecified atom stereocenters. The molecule has 1 aliphatic carbocycles. The number of halogens is 1. The molecule has 0 bridgehead atoms. The predicted molar refractivity (Wildman–Crippen MR) is 82.5 cm³/mol. The lowest BCUT2D eigenvalue weighted by molar-refractivity contribution is 0.262. The molecule has 0 aliphatic heterocycles. The molecule has 3 nitrogen and oxygen atoms in total. The Labute approximate surface area is 124 Å². The minimum atomic E-state index is 0.300. The second-order valence-electron chi connectivity index (χ2n) is 6.28. The topological polar surface area (TPSA) is 27.1 Å². The minimum absolute atomic E-state index is 0.300. The highest BCUT2D eigenvalue weighted by atomic mass is 35.5. The van der Waals surface area contributed by atoms with Gasteiger partial charge in [-0.3, -0.25) is 0 Å². The summed E-state index contributed by atoms with van der Waals surface area (Å²) in [6.07, 6.45) is 3.73. The Morgan fingerprint density at radius 2 is 2.25 bits per heavy atom. The zero-order chi connectivity index (χ0) is 14.3. The Bertz CT molecular complexity index is 633. The molecule has 0 saturated heterocycles. The van der Waals surface area contributed by atoms with Crippen molar-refractivity contribution < 1.29 is 4.74 Å². The first kappa shape index (κ1) is 13.7. The number of methoxy groups -OCH3 is 1. The van der Waals surface area contributed by atoms with Crippen molar-refractivity contribution in [3.63, 3.8) is 0 Å². The van der Waals surface area contributed by atoms with Gasteiger partial charge in [0.05, 0.1) is 24.0 Å². The van der Waals surface area contributed by atoms with Crippen LogP contribution < -0.4 is 4.74 Å². The molecular weight excluding hydrogens is 272 g/mol. The average molecular weight is 293 g/mol. The second-order valence-corrected chi connectivity index (χ2v) is 6.55. The van der Waals surface area contributed by atoms with Gasteiger partial charge >= 0.3 is 0 Å². The highest BCUT2D eigenvalue weighted by Crippen LogP contribution is 2.47. The van der Waals surface area contributed by atoms with Crippen molar-refractivity contribution in [1.82, 2.24) is 9.55 Å². The van der Waals surface area contributed by atoms with Gasteiger partial charge in [0.1, 0.15) is 11.6 Å². The van der Waals surface area contributed by atoms with Gasteiger partial charge in [-0.05, 0) is 30.4 Å². The first-order valence-corrected chi connectivity index (χ1v) is 7.71. The van der Waals surface area contributed by atoms with Gasteiger partial charge in [0, 0.05) is 12.1 Å². The highest BCUT2D eigenvalue weighted by Gasteiger charge is 2.37. The maximum Gasteiger partial charge on any atom is 0.125 e. The van der Waals surface area contributed by atoms with Crippen molar-refractivity contribution in [3.05, 3.63) is 24.0 Å². The van der Waals surface area contributed by atoms with Gasteiger partial charge in [-0.15, -0.1) is 11.6 Å². The van der Waals surface area contributed by atoms with Crippen LogP contribution in [0.25, 0.3) is 11.0 Å². The molecule has 1 atom stereocenters. The van der Waals surface area contributed by atoms with Crippen molar-refractivity contribution in [1.29, 1.82) is 0 Å². The summed E-state index contributed by atoms with van der Waals surface area (Å²) in [4.78, 5) is 4.70. The summed E-state index contributed by atoms with van der Waals surface area (Å²) in [5, 5.41) is 0. The Kier molecular flexibility index (Phi) is 3.41. The molecular formula is C16H21ClN2O. The summed E-state index contributed by atoms with van der Waals surface area (Å²) >= 11 is 6.13. The molecule has 1 aliphatic rings. The number of benzene rings is 1. The van der Waals surface area contributed by atoms with E-state index in [2.05, 4.69) is 24.5 Å². The van der Waals surface area contributed by atoms with Crippen LogP contribution >= 0.6 is 11.6 Å².